The summed E-state index contributed by atoms with van der Waals surface area (Å²) in [6, 6.07) is 12.2. The molecule has 2 aromatic rings. The van der Waals surface area contributed by atoms with Crippen LogP contribution in [0.15, 0.2) is 53.0 Å². The second-order valence-corrected chi connectivity index (χ2v) is 7.47. The van der Waals surface area contributed by atoms with Crippen molar-refractivity contribution in [2.24, 2.45) is 5.92 Å². The lowest BCUT2D eigenvalue weighted by Gasteiger charge is -2.39. The van der Waals surface area contributed by atoms with Crippen LogP contribution in [0.5, 0.6) is 0 Å². The van der Waals surface area contributed by atoms with E-state index in [0.29, 0.717) is 11.5 Å². The first kappa shape index (κ1) is 15.5. The number of anilines is 1. The number of nitrogens with one attached hydrogen (secondary N) is 1. The van der Waals surface area contributed by atoms with Crippen LogP contribution in [-0.4, -0.2) is 11.1 Å². The lowest BCUT2D eigenvalue weighted by molar-refractivity contribution is 0.0695. The highest BCUT2D eigenvalue weighted by molar-refractivity contribution is 9.10. The zero-order chi connectivity index (χ0) is 16.8. The molecule has 0 fully saturated rings. The lowest BCUT2D eigenvalue weighted by Crippen LogP contribution is -2.31. The van der Waals surface area contributed by atoms with Crippen molar-refractivity contribution < 1.29 is 9.90 Å². The SMILES string of the molecule is Cc1ccc(C(=O)O)c2c1N[C@H](c1cccc(Br)c1)[C@H]1CC=C[C@H]21. The number of benzene rings is 2. The van der Waals surface area contributed by atoms with Crippen molar-refractivity contribution >= 4 is 27.6 Å². The maximum Gasteiger partial charge on any atom is 0.336 e. The normalized spacial score (nSPS) is 24.2. The van der Waals surface area contributed by atoms with Gasteiger partial charge in [0.05, 0.1) is 11.6 Å². The first-order valence-corrected chi connectivity index (χ1v) is 8.91. The zero-order valence-corrected chi connectivity index (χ0v) is 14.9. The average molecular weight is 384 g/mol. The highest BCUT2D eigenvalue weighted by Crippen LogP contribution is 2.51. The Kier molecular flexibility index (Phi) is 3.72. The quantitative estimate of drug-likeness (QED) is 0.693. The van der Waals surface area contributed by atoms with Crippen LogP contribution in [0.4, 0.5) is 5.69 Å². The van der Waals surface area contributed by atoms with Gasteiger partial charge in [-0.3, -0.25) is 0 Å². The molecule has 4 rings (SSSR count). The third-order valence-electron chi connectivity index (χ3n) is 5.17. The zero-order valence-electron chi connectivity index (χ0n) is 13.3. The Hall–Kier alpha value is -2.07. The van der Waals surface area contributed by atoms with Crippen molar-refractivity contribution in [2.45, 2.75) is 25.3 Å². The van der Waals surface area contributed by atoms with E-state index in [-0.39, 0.29) is 12.0 Å². The Labute approximate surface area is 149 Å². The summed E-state index contributed by atoms with van der Waals surface area (Å²) in [5, 5.41) is 13.3. The number of rotatable bonds is 2. The standard InChI is InChI=1S/C20H18BrNO2/c1-11-8-9-16(20(23)24)17-14-6-3-7-15(14)19(22-18(11)17)12-4-2-5-13(21)10-12/h2-6,8-10,14-15,19,22H,7H2,1H3,(H,23,24)/t14-,15-,19+/m0/s1. The van der Waals surface area contributed by atoms with Crippen molar-refractivity contribution in [3.05, 3.63) is 75.3 Å². The topological polar surface area (TPSA) is 49.3 Å². The van der Waals surface area contributed by atoms with E-state index in [1.807, 2.05) is 19.1 Å². The molecule has 2 aromatic carbocycles. The predicted octanol–water partition coefficient (Wildman–Crippen LogP) is 5.28. The molecule has 0 unspecified atom stereocenters. The van der Waals surface area contributed by atoms with Crippen LogP contribution in [-0.2, 0) is 0 Å². The van der Waals surface area contributed by atoms with Gasteiger partial charge in [-0.15, -0.1) is 0 Å². The number of aromatic carboxylic acids is 1. The summed E-state index contributed by atoms with van der Waals surface area (Å²) in [6.45, 7) is 2.04. The molecule has 3 nitrogen and oxygen atoms in total. The number of hydrogen-bond acceptors (Lipinski definition) is 2. The minimum Gasteiger partial charge on any atom is -0.478 e. The van der Waals surface area contributed by atoms with Crippen LogP contribution in [0.2, 0.25) is 0 Å². The molecular weight excluding hydrogens is 366 g/mol. The van der Waals surface area contributed by atoms with E-state index in [0.717, 1.165) is 27.7 Å². The van der Waals surface area contributed by atoms with Crippen molar-refractivity contribution in [1.29, 1.82) is 0 Å². The van der Waals surface area contributed by atoms with Crippen molar-refractivity contribution in [2.75, 3.05) is 5.32 Å². The minimum atomic E-state index is -0.854. The van der Waals surface area contributed by atoms with Crippen LogP contribution >= 0.6 is 15.9 Å². The minimum absolute atomic E-state index is 0.149. The molecule has 3 atom stereocenters. The van der Waals surface area contributed by atoms with Crippen LogP contribution in [0.3, 0.4) is 0 Å². The van der Waals surface area contributed by atoms with Crippen molar-refractivity contribution in [3.8, 4) is 0 Å². The molecule has 1 aliphatic heterocycles. The summed E-state index contributed by atoms with van der Waals surface area (Å²) >= 11 is 3.56. The molecule has 24 heavy (non-hydrogen) atoms. The highest BCUT2D eigenvalue weighted by atomic mass is 79.9. The summed E-state index contributed by atoms with van der Waals surface area (Å²) in [6.07, 6.45) is 5.33. The Bertz CT molecular complexity index is 859. The number of carbonyl (C=O) groups is 1. The largest absolute Gasteiger partial charge is 0.478 e. The fraction of sp³-hybridized carbons (Fsp3) is 0.250. The van der Waals surface area contributed by atoms with Gasteiger partial charge >= 0.3 is 5.97 Å². The van der Waals surface area contributed by atoms with Gasteiger partial charge in [-0.05, 0) is 54.2 Å². The number of fused-ring (bicyclic) bond motifs is 3. The van der Waals surface area contributed by atoms with Crippen LogP contribution < -0.4 is 5.32 Å². The third-order valence-corrected chi connectivity index (χ3v) is 5.66. The average Bonchev–Trinajstić information content (AvgIpc) is 3.04. The second kappa shape index (κ2) is 5.78. The van der Waals surface area contributed by atoms with Crippen molar-refractivity contribution in [3.63, 3.8) is 0 Å². The fourth-order valence-electron chi connectivity index (χ4n) is 4.07. The fourth-order valence-corrected chi connectivity index (χ4v) is 4.49. The molecule has 1 aliphatic carbocycles. The summed E-state index contributed by atoms with van der Waals surface area (Å²) in [5.41, 5.74) is 4.65. The second-order valence-electron chi connectivity index (χ2n) is 6.55. The monoisotopic (exact) mass is 383 g/mol. The Balaban J connectivity index is 1.88. The maximum absolute atomic E-state index is 11.7. The van der Waals surface area contributed by atoms with Gasteiger partial charge in [-0.25, -0.2) is 4.79 Å². The molecule has 0 saturated carbocycles. The molecule has 0 aromatic heterocycles. The van der Waals surface area contributed by atoms with Crippen LogP contribution in [0.1, 0.15) is 45.4 Å². The van der Waals surface area contributed by atoms with Gasteiger partial charge in [0.2, 0.25) is 0 Å². The number of halogens is 1. The van der Waals surface area contributed by atoms with Gasteiger partial charge in [0.25, 0.3) is 0 Å². The van der Waals surface area contributed by atoms with E-state index in [4.69, 9.17) is 0 Å². The lowest BCUT2D eigenvalue weighted by atomic mass is 9.75. The third kappa shape index (κ3) is 2.37. The molecule has 4 heteroatoms. The van der Waals surface area contributed by atoms with Gasteiger partial charge in [0.1, 0.15) is 0 Å². The summed E-state index contributed by atoms with van der Waals surface area (Å²) in [4.78, 5) is 11.7. The predicted molar refractivity (Wildman–Crippen MR) is 98.6 cm³/mol. The van der Waals surface area contributed by atoms with E-state index in [1.165, 1.54) is 5.56 Å². The molecule has 0 amide bonds. The number of carboxylic acid groups (broad SMARTS) is 1. The van der Waals surface area contributed by atoms with E-state index in [2.05, 4.69) is 51.6 Å². The van der Waals surface area contributed by atoms with Gasteiger partial charge in [0.15, 0.2) is 0 Å². The molecule has 2 aliphatic rings. The number of aryl methyl sites for hydroxylation is 1. The van der Waals surface area contributed by atoms with Crippen LogP contribution in [0, 0.1) is 12.8 Å². The van der Waals surface area contributed by atoms with E-state index >= 15 is 0 Å². The molecule has 0 spiro atoms. The molecule has 0 radical (unpaired) electrons. The Morgan fingerprint density at radius 2 is 2.12 bits per heavy atom. The first-order chi connectivity index (χ1) is 11.6. The Morgan fingerprint density at radius 1 is 1.29 bits per heavy atom. The summed E-state index contributed by atoms with van der Waals surface area (Å²) < 4.78 is 1.06. The van der Waals surface area contributed by atoms with E-state index < -0.39 is 5.97 Å². The van der Waals surface area contributed by atoms with Gasteiger partial charge in [-0.1, -0.05) is 46.3 Å². The number of hydrogen-bond donors (Lipinski definition) is 2. The number of allylic oxidation sites excluding steroid dienone is 2. The first-order valence-electron chi connectivity index (χ1n) is 8.11. The van der Waals surface area contributed by atoms with Crippen molar-refractivity contribution in [1.82, 2.24) is 0 Å². The molecule has 0 bridgehead atoms. The molecular formula is C20H18BrNO2. The molecule has 0 saturated heterocycles. The summed E-state index contributed by atoms with van der Waals surface area (Å²) in [5.74, 6) is -0.365. The molecule has 1 heterocycles. The molecule has 2 N–H and O–H groups in total. The van der Waals surface area contributed by atoms with E-state index in [1.54, 1.807) is 6.07 Å². The van der Waals surface area contributed by atoms with Gasteiger partial charge < -0.3 is 10.4 Å². The summed E-state index contributed by atoms with van der Waals surface area (Å²) in [7, 11) is 0. The maximum atomic E-state index is 11.7. The number of carboxylic acids is 1. The smallest absolute Gasteiger partial charge is 0.336 e. The van der Waals surface area contributed by atoms with E-state index in [9.17, 15) is 9.90 Å². The Morgan fingerprint density at radius 3 is 2.88 bits per heavy atom. The van der Waals surface area contributed by atoms with Gasteiger partial charge in [-0.2, -0.15) is 0 Å². The highest BCUT2D eigenvalue weighted by Gasteiger charge is 2.40. The van der Waals surface area contributed by atoms with Crippen LogP contribution in [0.25, 0.3) is 0 Å². The van der Waals surface area contributed by atoms with Gasteiger partial charge in [0, 0.05) is 16.1 Å². The molecule has 122 valence electrons.